The normalized spacial score (nSPS) is 10.7. The highest BCUT2D eigenvalue weighted by atomic mass is 32.2. The molecule has 0 unspecified atom stereocenters. The third-order valence-corrected chi connectivity index (χ3v) is 5.11. The number of thioether (sulfide) groups is 1. The lowest BCUT2D eigenvalue weighted by Gasteiger charge is -2.14. The monoisotopic (exact) mass is 441 g/mol. The fraction of sp³-hybridized carbons (Fsp3) is 0.238. The first-order chi connectivity index (χ1) is 14.4. The van der Waals surface area contributed by atoms with E-state index in [1.807, 2.05) is 45.0 Å². The number of nitrogens with one attached hydrogen (secondary N) is 2. The number of ether oxygens (including phenoxy) is 1. The summed E-state index contributed by atoms with van der Waals surface area (Å²) in [6.45, 7) is 5.67. The molecule has 0 aliphatic rings. The number of hydrogen-bond donors (Lipinski definition) is 2. The van der Waals surface area contributed by atoms with Crippen LogP contribution in [-0.4, -0.2) is 32.0 Å². The highest BCUT2D eigenvalue weighted by Gasteiger charge is 2.14. The van der Waals surface area contributed by atoms with Crippen molar-refractivity contribution in [3.05, 3.63) is 71.5 Å². The van der Waals surface area contributed by atoms with Gasteiger partial charge in [0.1, 0.15) is 11.6 Å². The summed E-state index contributed by atoms with van der Waals surface area (Å²) in [5.41, 5.74) is 4.61. The third kappa shape index (κ3) is 6.04. The van der Waals surface area contributed by atoms with Gasteiger partial charge in [-0.1, -0.05) is 48.2 Å². The molecule has 0 atom stereocenters. The van der Waals surface area contributed by atoms with Crippen LogP contribution in [0.2, 0.25) is 0 Å². The quantitative estimate of drug-likeness (QED) is 0.425. The van der Waals surface area contributed by atoms with Crippen molar-refractivity contribution < 1.29 is 9.53 Å². The van der Waals surface area contributed by atoms with Crippen molar-refractivity contribution in [1.29, 1.82) is 0 Å². The Balaban J connectivity index is 1.62. The van der Waals surface area contributed by atoms with Gasteiger partial charge in [-0.3, -0.25) is 15.5 Å². The summed E-state index contributed by atoms with van der Waals surface area (Å²) in [5.74, 6) is 1.67. The summed E-state index contributed by atoms with van der Waals surface area (Å²) in [6.07, 6.45) is 0.0228. The number of amides is 1. The Morgan fingerprint density at radius 3 is 2.67 bits per heavy atom. The topological polar surface area (TPSA) is 81.1 Å². The molecule has 30 heavy (non-hydrogen) atoms. The molecule has 0 spiro atoms. The molecular formula is C21H23N5O2S2. The zero-order valence-corrected chi connectivity index (χ0v) is 18.6. The third-order valence-electron chi connectivity index (χ3n) is 3.91. The van der Waals surface area contributed by atoms with Gasteiger partial charge in [-0.15, -0.1) is 10.2 Å². The zero-order chi connectivity index (χ0) is 21.5. The van der Waals surface area contributed by atoms with E-state index in [0.717, 1.165) is 5.75 Å². The van der Waals surface area contributed by atoms with Crippen molar-refractivity contribution in [2.75, 3.05) is 5.43 Å². The Hall–Kier alpha value is -2.91. The van der Waals surface area contributed by atoms with E-state index in [-0.39, 0.29) is 17.1 Å². The molecule has 0 aliphatic heterocycles. The van der Waals surface area contributed by atoms with Gasteiger partial charge in [0.15, 0.2) is 5.11 Å². The zero-order valence-electron chi connectivity index (χ0n) is 17.0. The summed E-state index contributed by atoms with van der Waals surface area (Å²) in [5, 5.41) is 11.8. The molecule has 2 aromatic carbocycles. The van der Waals surface area contributed by atoms with Gasteiger partial charge in [0, 0.05) is 11.3 Å². The number of nitrogens with zero attached hydrogens (tertiary/aromatic N) is 3. The highest BCUT2D eigenvalue weighted by Crippen LogP contribution is 2.21. The Kier molecular flexibility index (Phi) is 7.42. The number of aryl methyl sites for hydroxylation is 1. The number of aromatic nitrogens is 3. The van der Waals surface area contributed by atoms with Crippen LogP contribution in [0.1, 0.15) is 35.6 Å². The number of rotatable bonds is 7. The van der Waals surface area contributed by atoms with Crippen molar-refractivity contribution in [3.63, 3.8) is 0 Å². The number of carbonyl (C=O) groups excluding carboxylic acids is 1. The van der Waals surface area contributed by atoms with Crippen LogP contribution >= 0.6 is 24.0 Å². The molecular weight excluding hydrogens is 418 g/mol. The molecule has 0 radical (unpaired) electrons. The molecule has 7 nitrogen and oxygen atoms in total. The van der Waals surface area contributed by atoms with Gasteiger partial charge >= 0.3 is 0 Å². The van der Waals surface area contributed by atoms with Crippen molar-refractivity contribution in [2.45, 2.75) is 37.8 Å². The minimum Gasteiger partial charge on any atom is -0.491 e. The summed E-state index contributed by atoms with van der Waals surface area (Å²) in [4.78, 5) is 12.6. The molecule has 0 aliphatic carbocycles. The maximum Gasteiger partial charge on any atom is 0.257 e. The van der Waals surface area contributed by atoms with Crippen molar-refractivity contribution in [2.24, 2.45) is 0 Å². The van der Waals surface area contributed by atoms with Gasteiger partial charge in [-0.2, -0.15) is 0 Å². The molecule has 1 heterocycles. The fourth-order valence-electron chi connectivity index (χ4n) is 2.57. The Labute approximate surface area is 185 Å². The van der Waals surface area contributed by atoms with Gasteiger partial charge in [0.2, 0.25) is 5.16 Å². The Morgan fingerprint density at radius 2 is 1.93 bits per heavy atom. The van der Waals surface area contributed by atoms with E-state index in [1.165, 1.54) is 17.3 Å². The molecule has 3 aromatic rings. The Bertz CT molecular complexity index is 1020. The van der Waals surface area contributed by atoms with Crippen LogP contribution in [0.25, 0.3) is 0 Å². The van der Waals surface area contributed by atoms with Gasteiger partial charge < -0.3 is 4.74 Å². The number of hydrogen-bond acceptors (Lipinski definition) is 6. The van der Waals surface area contributed by atoms with Crippen LogP contribution < -0.4 is 15.5 Å². The average molecular weight is 442 g/mol. The van der Waals surface area contributed by atoms with Crippen LogP contribution in [-0.2, 0) is 5.75 Å². The van der Waals surface area contributed by atoms with E-state index >= 15 is 0 Å². The second-order valence-corrected chi connectivity index (χ2v) is 8.08. The van der Waals surface area contributed by atoms with Crippen LogP contribution in [0.3, 0.4) is 0 Å². The minimum atomic E-state index is -0.328. The lowest BCUT2D eigenvalue weighted by Crippen LogP contribution is -2.38. The lowest BCUT2D eigenvalue weighted by molar-refractivity contribution is 0.0976. The second kappa shape index (κ2) is 10.2. The second-order valence-electron chi connectivity index (χ2n) is 6.73. The van der Waals surface area contributed by atoms with Crippen LogP contribution in [0.4, 0.5) is 0 Å². The highest BCUT2D eigenvalue weighted by molar-refractivity contribution is 7.98. The van der Waals surface area contributed by atoms with Crippen LogP contribution in [0, 0.1) is 6.92 Å². The predicted octanol–water partition coefficient (Wildman–Crippen LogP) is 3.92. The standard InChI is InChI=1S/C21H23N5O2S2/c1-14(2)28-18-11-7-10-17(12-18)19(27)22-20(29)25-26-15(3)23-24-21(26)30-13-16-8-5-4-6-9-16/h4-12,14H,13H2,1-3H3,(H2,22,25,27,29). The van der Waals surface area contributed by atoms with Gasteiger partial charge in [-0.05, 0) is 56.8 Å². The molecule has 2 N–H and O–H groups in total. The predicted molar refractivity (Wildman–Crippen MR) is 122 cm³/mol. The van der Waals surface area contributed by atoms with E-state index in [1.54, 1.807) is 22.9 Å². The van der Waals surface area contributed by atoms with Gasteiger partial charge in [0.25, 0.3) is 5.91 Å². The maximum atomic E-state index is 12.6. The molecule has 0 fully saturated rings. The van der Waals surface area contributed by atoms with Gasteiger partial charge in [0.05, 0.1) is 6.10 Å². The van der Waals surface area contributed by atoms with E-state index in [9.17, 15) is 4.79 Å². The van der Waals surface area contributed by atoms with Gasteiger partial charge in [-0.25, -0.2) is 4.68 Å². The summed E-state index contributed by atoms with van der Waals surface area (Å²) < 4.78 is 7.30. The van der Waals surface area contributed by atoms with Crippen molar-refractivity contribution >= 4 is 35.0 Å². The first-order valence-corrected chi connectivity index (χ1v) is 10.8. The molecule has 1 amide bonds. The molecule has 156 valence electrons. The summed E-state index contributed by atoms with van der Waals surface area (Å²) in [7, 11) is 0. The molecule has 0 saturated heterocycles. The molecule has 0 bridgehead atoms. The molecule has 1 aromatic heterocycles. The SMILES string of the molecule is Cc1nnc(SCc2ccccc2)n1NC(=S)NC(=O)c1cccc(OC(C)C)c1. The number of benzene rings is 2. The minimum absolute atomic E-state index is 0.0228. The average Bonchev–Trinajstić information content (AvgIpc) is 3.06. The lowest BCUT2D eigenvalue weighted by atomic mass is 10.2. The number of thiocarbonyl (C=S) groups is 1. The molecule has 3 rings (SSSR count). The smallest absolute Gasteiger partial charge is 0.257 e. The van der Waals surface area contributed by atoms with Crippen LogP contribution in [0.15, 0.2) is 59.8 Å². The first-order valence-electron chi connectivity index (χ1n) is 9.40. The number of carbonyl (C=O) groups is 1. The van der Waals surface area contributed by atoms with E-state index in [0.29, 0.717) is 22.3 Å². The summed E-state index contributed by atoms with van der Waals surface area (Å²) >= 11 is 6.84. The molecule has 0 saturated carbocycles. The van der Waals surface area contributed by atoms with Crippen molar-refractivity contribution in [3.8, 4) is 5.75 Å². The maximum absolute atomic E-state index is 12.6. The largest absolute Gasteiger partial charge is 0.491 e. The summed E-state index contributed by atoms with van der Waals surface area (Å²) in [6, 6.07) is 17.0. The fourth-order valence-corrected chi connectivity index (χ4v) is 3.65. The van der Waals surface area contributed by atoms with Crippen molar-refractivity contribution in [1.82, 2.24) is 20.2 Å². The molecule has 9 heteroatoms. The first kappa shape index (κ1) is 21.8. The van der Waals surface area contributed by atoms with E-state index in [2.05, 4.69) is 33.1 Å². The van der Waals surface area contributed by atoms with E-state index < -0.39 is 0 Å². The Morgan fingerprint density at radius 1 is 1.17 bits per heavy atom. The van der Waals surface area contributed by atoms with Crippen LogP contribution in [0.5, 0.6) is 5.75 Å². The van der Waals surface area contributed by atoms with E-state index in [4.69, 9.17) is 17.0 Å².